The topological polar surface area (TPSA) is 134 Å². The minimum atomic E-state index is -3.82. The fourth-order valence-corrected chi connectivity index (χ4v) is 3.51. The van der Waals surface area contributed by atoms with Crippen LogP contribution in [0.15, 0.2) is 11.0 Å². The molecule has 1 N–H and O–H groups in total. The molecule has 2 heterocycles. The van der Waals surface area contributed by atoms with Crippen molar-refractivity contribution in [2.24, 2.45) is 0 Å². The van der Waals surface area contributed by atoms with Crippen molar-refractivity contribution in [3.8, 4) is 0 Å². The van der Waals surface area contributed by atoms with Gasteiger partial charge < -0.3 is 4.74 Å². The molecule has 10 nitrogen and oxygen atoms in total. The van der Waals surface area contributed by atoms with Gasteiger partial charge in [0, 0.05) is 18.2 Å². The van der Waals surface area contributed by atoms with Crippen LogP contribution in [0.5, 0.6) is 0 Å². The first kappa shape index (κ1) is 20.2. The monoisotopic (exact) mass is 414 g/mol. The largest absolute Gasteiger partial charge is 0.349 e. The molecule has 1 fully saturated rings. The summed E-state index contributed by atoms with van der Waals surface area (Å²) < 4.78 is 61.9. The van der Waals surface area contributed by atoms with Gasteiger partial charge in [0.05, 0.1) is 19.1 Å². The van der Waals surface area contributed by atoms with Gasteiger partial charge >= 0.3 is 5.69 Å². The molecule has 13 heteroatoms. The smallest absolute Gasteiger partial charge is 0.328 e. The van der Waals surface area contributed by atoms with Gasteiger partial charge in [0.15, 0.2) is 0 Å². The van der Waals surface area contributed by atoms with E-state index in [1.807, 2.05) is 0 Å². The summed E-state index contributed by atoms with van der Waals surface area (Å²) in [7, 11) is -7.58. The molecule has 0 unspecified atom stereocenters. The molecule has 0 radical (unpaired) electrons. The maximum absolute atomic E-state index is 12.1. The molecule has 1 aliphatic rings. The Kier molecular flexibility index (Phi) is 5.85. The zero-order valence-corrected chi connectivity index (χ0v) is 16.1. The van der Waals surface area contributed by atoms with Crippen LogP contribution in [0.3, 0.4) is 0 Å². The molecule has 1 aromatic rings. The van der Waals surface area contributed by atoms with Gasteiger partial charge in [0.1, 0.15) is 23.1 Å². The summed E-state index contributed by atoms with van der Waals surface area (Å²) in [5, 5.41) is 0. The molecule has 0 spiro atoms. The Labute approximate surface area is 150 Å². The summed E-state index contributed by atoms with van der Waals surface area (Å²) in [6.45, 7) is 1.25. The number of aromatic nitrogens is 2. The molecule has 1 saturated heterocycles. The number of nitrogens with zero attached hydrogens (tertiary/aromatic N) is 1. The van der Waals surface area contributed by atoms with E-state index in [4.69, 9.17) is 21.1 Å². The predicted octanol–water partition coefficient (Wildman–Crippen LogP) is -0.177. The van der Waals surface area contributed by atoms with Crippen molar-refractivity contribution in [3.05, 3.63) is 26.9 Å². The van der Waals surface area contributed by atoms with E-state index < -0.39 is 51.0 Å². The summed E-state index contributed by atoms with van der Waals surface area (Å²) >= 11 is 4.98. The number of nitrogens with one attached hydrogen (secondary N) is 1. The van der Waals surface area contributed by atoms with Crippen LogP contribution >= 0.6 is 12.2 Å². The van der Waals surface area contributed by atoms with Crippen LogP contribution in [-0.2, 0) is 33.3 Å². The van der Waals surface area contributed by atoms with Crippen LogP contribution in [0.25, 0.3) is 0 Å². The maximum Gasteiger partial charge on any atom is 0.328 e. The second-order valence-electron chi connectivity index (χ2n) is 5.67. The Balaban J connectivity index is 2.29. The van der Waals surface area contributed by atoms with E-state index in [1.165, 1.54) is 10.8 Å². The van der Waals surface area contributed by atoms with Crippen LogP contribution in [-0.4, -0.2) is 57.7 Å². The van der Waals surface area contributed by atoms with Crippen molar-refractivity contribution in [1.29, 1.82) is 0 Å². The van der Waals surface area contributed by atoms with Crippen molar-refractivity contribution < 1.29 is 29.9 Å². The van der Waals surface area contributed by atoms with Crippen molar-refractivity contribution in [2.75, 3.05) is 19.1 Å². The Morgan fingerprint density at radius 1 is 1.32 bits per heavy atom. The van der Waals surface area contributed by atoms with Gasteiger partial charge in [-0.25, -0.2) is 4.79 Å². The lowest BCUT2D eigenvalue weighted by atomic mass is 10.2. The fourth-order valence-electron chi connectivity index (χ4n) is 2.34. The molecule has 0 aliphatic carbocycles. The number of hydrogen-bond donors (Lipinski definition) is 1. The Morgan fingerprint density at radius 2 is 1.96 bits per heavy atom. The van der Waals surface area contributed by atoms with Crippen molar-refractivity contribution in [3.63, 3.8) is 0 Å². The second kappa shape index (κ2) is 7.25. The van der Waals surface area contributed by atoms with Gasteiger partial charge in [-0.1, -0.05) is 12.2 Å². The number of H-pyrrole nitrogens is 1. The zero-order valence-electron chi connectivity index (χ0n) is 13.7. The lowest BCUT2D eigenvalue weighted by Crippen LogP contribution is -2.31. The van der Waals surface area contributed by atoms with Crippen molar-refractivity contribution >= 4 is 32.5 Å². The maximum atomic E-state index is 12.1. The fraction of sp³-hybridized carbons (Fsp3) is 0.667. The van der Waals surface area contributed by atoms with E-state index in [2.05, 4.69) is 9.17 Å². The normalized spacial score (nSPS) is 24.5. The van der Waals surface area contributed by atoms with Crippen LogP contribution in [0.1, 0.15) is 18.2 Å². The highest BCUT2D eigenvalue weighted by atomic mass is 32.2. The number of aryl methyl sites for hydroxylation is 1. The van der Waals surface area contributed by atoms with E-state index in [0.29, 0.717) is 5.56 Å². The highest BCUT2D eigenvalue weighted by Gasteiger charge is 2.40. The Bertz CT molecular complexity index is 963. The standard InChI is InChI=1S/C12H18N2O8S3/c1-7-5-14(12(15)13-11(7)23)10-4-8(22-25(3,18)19)9(21-10)6-20-24(2,16)17/h5,8-10H,4,6H2,1-3H3,(H,13,15,23)/t8-,9+,10+/m0/s1. The minimum absolute atomic E-state index is 0.00875. The van der Waals surface area contributed by atoms with E-state index in [9.17, 15) is 21.6 Å². The molecule has 0 amide bonds. The van der Waals surface area contributed by atoms with Crippen LogP contribution < -0.4 is 5.69 Å². The quantitative estimate of drug-likeness (QED) is 0.497. The molecule has 1 aliphatic heterocycles. The average Bonchev–Trinajstić information content (AvgIpc) is 2.80. The molecule has 0 bridgehead atoms. The van der Waals surface area contributed by atoms with Gasteiger partial charge in [0.25, 0.3) is 20.2 Å². The van der Waals surface area contributed by atoms with Crippen LogP contribution in [0, 0.1) is 11.6 Å². The van der Waals surface area contributed by atoms with Gasteiger partial charge in [-0.15, -0.1) is 0 Å². The average molecular weight is 414 g/mol. The van der Waals surface area contributed by atoms with Gasteiger partial charge in [-0.3, -0.25) is 17.9 Å². The van der Waals surface area contributed by atoms with E-state index in [0.717, 1.165) is 12.5 Å². The van der Waals surface area contributed by atoms with Gasteiger partial charge in [0.2, 0.25) is 0 Å². The highest BCUT2D eigenvalue weighted by Crippen LogP contribution is 2.31. The number of aromatic amines is 1. The molecular formula is C12H18N2O8S3. The number of hydrogen-bond acceptors (Lipinski definition) is 9. The van der Waals surface area contributed by atoms with Crippen molar-refractivity contribution in [2.45, 2.75) is 31.8 Å². The first-order valence-electron chi connectivity index (χ1n) is 7.06. The Morgan fingerprint density at radius 3 is 2.52 bits per heavy atom. The van der Waals surface area contributed by atoms with E-state index >= 15 is 0 Å². The highest BCUT2D eigenvalue weighted by molar-refractivity contribution is 7.86. The number of rotatable bonds is 6. The second-order valence-corrected chi connectivity index (χ2v) is 9.32. The lowest BCUT2D eigenvalue weighted by Gasteiger charge is -2.17. The van der Waals surface area contributed by atoms with Crippen molar-refractivity contribution in [1.82, 2.24) is 9.55 Å². The minimum Gasteiger partial charge on any atom is -0.349 e. The molecule has 25 heavy (non-hydrogen) atoms. The summed E-state index contributed by atoms with van der Waals surface area (Å²) in [5.41, 5.74) is 0.0815. The number of ether oxygens (including phenoxy) is 1. The summed E-state index contributed by atoms with van der Waals surface area (Å²) in [4.78, 5) is 14.5. The predicted molar refractivity (Wildman–Crippen MR) is 89.7 cm³/mol. The molecule has 0 aromatic carbocycles. The summed E-state index contributed by atoms with van der Waals surface area (Å²) in [6.07, 6.45) is 0.347. The van der Waals surface area contributed by atoms with Gasteiger partial charge in [-0.2, -0.15) is 16.8 Å². The molecule has 0 saturated carbocycles. The van der Waals surface area contributed by atoms with E-state index in [1.54, 1.807) is 6.92 Å². The third-order valence-electron chi connectivity index (χ3n) is 3.38. The lowest BCUT2D eigenvalue weighted by molar-refractivity contribution is -0.0352. The first-order valence-corrected chi connectivity index (χ1v) is 11.1. The molecular weight excluding hydrogens is 396 g/mol. The third kappa shape index (κ3) is 5.69. The van der Waals surface area contributed by atoms with Crippen LogP contribution in [0.4, 0.5) is 0 Å². The van der Waals surface area contributed by atoms with Gasteiger partial charge in [-0.05, 0) is 6.92 Å². The summed E-state index contributed by atoms with van der Waals surface area (Å²) in [5.74, 6) is 0. The summed E-state index contributed by atoms with van der Waals surface area (Å²) in [6, 6.07) is 0. The molecule has 2 rings (SSSR count). The molecule has 142 valence electrons. The van der Waals surface area contributed by atoms with Crippen LogP contribution in [0.2, 0.25) is 0 Å². The molecule has 1 aromatic heterocycles. The Hall–Kier alpha value is -1.12. The zero-order chi connectivity index (χ0) is 19.0. The van der Waals surface area contributed by atoms with E-state index in [-0.39, 0.29) is 11.1 Å². The molecule has 3 atom stereocenters. The third-order valence-corrected chi connectivity index (χ3v) is 4.97. The SMILES string of the molecule is Cc1cn([C@H]2C[C@H](OS(C)(=O)=O)[C@@H](COS(C)(=O)=O)O2)c(=O)[nH]c1=S. The first-order chi connectivity index (χ1) is 11.4.